The van der Waals surface area contributed by atoms with E-state index in [4.69, 9.17) is 37.0 Å². The van der Waals surface area contributed by atoms with Crippen molar-refractivity contribution in [2.24, 2.45) is 23.7 Å². The number of ether oxygens (including phenoxy) is 4. The number of esters is 4. The molecule has 0 saturated carbocycles. The highest BCUT2D eigenvalue weighted by atomic mass is 31.2. The van der Waals surface area contributed by atoms with Gasteiger partial charge in [0.1, 0.15) is 19.3 Å². The predicted molar refractivity (Wildman–Crippen MR) is 377 cm³/mol. The fourth-order valence-electron chi connectivity index (χ4n) is 11.2. The van der Waals surface area contributed by atoms with Gasteiger partial charge in [-0.15, -0.1) is 0 Å². The SMILES string of the molecule is CCC(C)CCCCCCCCCCC(=O)O[C@H](COC(=O)CCCCCCCCC(C)C)COP(=O)(O)OC[C@H](O)COP(=O)(O)OC[C@@H](COC(=O)CCCCCCCCCCCCC(C)C)OC(=O)CCCCCCCCCCCCCCCCCCC(C)C. The molecule has 0 aliphatic heterocycles. The van der Waals surface area contributed by atoms with E-state index in [0.29, 0.717) is 31.6 Å². The van der Waals surface area contributed by atoms with Crippen LogP contribution < -0.4 is 0 Å². The maximum absolute atomic E-state index is 13.1. The standard InChI is InChI=1S/C74H144O17P2/c1-9-67(8)53-45-37-28-24-25-31-41-49-57-74(79)91-70(61-85-72(77)55-47-39-33-32-36-44-52-66(6)7)63-89-93(82,83)87-59-68(75)58-86-92(80,81)88-62-69(60-84-71(76)54-46-38-29-22-19-18-21-27-35-43-51-65(4)5)90-73(78)56-48-40-30-23-17-15-13-11-10-12-14-16-20-26-34-42-50-64(2)3/h64-70,75H,9-63H2,1-8H3,(H,80,81)(H,82,83)/t67?,68-,69-,70-/m1/s1. The molecule has 3 unspecified atom stereocenters. The molecule has 0 aliphatic rings. The second-order valence-electron chi connectivity index (χ2n) is 28.4. The Morgan fingerprint density at radius 1 is 0.301 bits per heavy atom. The van der Waals surface area contributed by atoms with E-state index in [1.165, 1.54) is 167 Å². The summed E-state index contributed by atoms with van der Waals surface area (Å²) in [6.45, 7) is 14.1. The number of rotatable bonds is 71. The van der Waals surface area contributed by atoms with E-state index < -0.39 is 97.5 Å². The van der Waals surface area contributed by atoms with Crippen molar-refractivity contribution in [2.45, 2.75) is 388 Å². The van der Waals surface area contributed by atoms with Gasteiger partial charge in [-0.3, -0.25) is 37.3 Å². The maximum atomic E-state index is 13.1. The zero-order valence-corrected chi connectivity index (χ0v) is 62.7. The Morgan fingerprint density at radius 3 is 0.763 bits per heavy atom. The summed E-state index contributed by atoms with van der Waals surface area (Å²) in [5.41, 5.74) is 0. The molecule has 3 N–H and O–H groups in total. The van der Waals surface area contributed by atoms with E-state index in [0.717, 1.165) is 114 Å². The summed E-state index contributed by atoms with van der Waals surface area (Å²) < 4.78 is 68.4. The molecule has 0 aromatic rings. The van der Waals surface area contributed by atoms with Crippen LogP contribution in [0.1, 0.15) is 370 Å². The summed E-state index contributed by atoms with van der Waals surface area (Å²) in [6, 6.07) is 0. The predicted octanol–water partition coefficient (Wildman–Crippen LogP) is 21.3. The fraction of sp³-hybridized carbons (Fsp3) is 0.946. The molecule has 19 heteroatoms. The summed E-state index contributed by atoms with van der Waals surface area (Å²) >= 11 is 0. The van der Waals surface area contributed by atoms with Crippen LogP contribution in [0.25, 0.3) is 0 Å². The van der Waals surface area contributed by atoms with Crippen LogP contribution in [-0.2, 0) is 65.4 Å². The van der Waals surface area contributed by atoms with Crippen LogP contribution in [0.3, 0.4) is 0 Å². The topological polar surface area (TPSA) is 237 Å². The van der Waals surface area contributed by atoms with Gasteiger partial charge in [-0.25, -0.2) is 9.13 Å². The number of unbranched alkanes of at least 4 members (excludes halogenated alkanes) is 36. The molecule has 0 aromatic heterocycles. The van der Waals surface area contributed by atoms with Crippen molar-refractivity contribution in [2.75, 3.05) is 39.6 Å². The van der Waals surface area contributed by atoms with Crippen LogP contribution in [0.15, 0.2) is 0 Å². The Balaban J connectivity index is 5.23. The van der Waals surface area contributed by atoms with Gasteiger partial charge in [0.2, 0.25) is 0 Å². The molecule has 0 heterocycles. The molecular formula is C74H144O17P2. The quantitative estimate of drug-likeness (QED) is 0.0222. The second-order valence-corrected chi connectivity index (χ2v) is 31.3. The molecule has 6 atom stereocenters. The zero-order chi connectivity index (χ0) is 68.9. The first-order valence-corrected chi connectivity index (χ1v) is 41.2. The molecule has 0 saturated heterocycles. The van der Waals surface area contributed by atoms with Gasteiger partial charge in [-0.2, -0.15) is 0 Å². The van der Waals surface area contributed by atoms with Crippen LogP contribution in [0.5, 0.6) is 0 Å². The van der Waals surface area contributed by atoms with E-state index in [-0.39, 0.29) is 25.7 Å². The van der Waals surface area contributed by atoms with Crippen LogP contribution in [-0.4, -0.2) is 96.7 Å². The van der Waals surface area contributed by atoms with E-state index >= 15 is 0 Å². The van der Waals surface area contributed by atoms with E-state index in [9.17, 15) is 43.2 Å². The molecule has 0 rings (SSSR count). The van der Waals surface area contributed by atoms with Crippen LogP contribution in [0.2, 0.25) is 0 Å². The van der Waals surface area contributed by atoms with Gasteiger partial charge < -0.3 is 33.8 Å². The smallest absolute Gasteiger partial charge is 0.462 e. The fourth-order valence-corrected chi connectivity index (χ4v) is 12.7. The Morgan fingerprint density at radius 2 is 0.516 bits per heavy atom. The van der Waals surface area contributed by atoms with E-state index in [1.807, 2.05) is 0 Å². The molecule has 0 aliphatic carbocycles. The number of hydrogen-bond acceptors (Lipinski definition) is 15. The average Bonchev–Trinajstić information content (AvgIpc) is 2.22. The lowest BCUT2D eigenvalue weighted by molar-refractivity contribution is -0.161. The van der Waals surface area contributed by atoms with Crippen LogP contribution in [0.4, 0.5) is 0 Å². The Labute approximate surface area is 568 Å². The molecule has 17 nitrogen and oxygen atoms in total. The molecule has 93 heavy (non-hydrogen) atoms. The first-order valence-electron chi connectivity index (χ1n) is 38.2. The van der Waals surface area contributed by atoms with Crippen molar-refractivity contribution in [3.05, 3.63) is 0 Å². The number of phosphoric acid groups is 2. The average molecular weight is 1370 g/mol. The van der Waals surface area contributed by atoms with Gasteiger partial charge in [0.15, 0.2) is 12.2 Å². The van der Waals surface area contributed by atoms with Gasteiger partial charge in [0, 0.05) is 25.7 Å². The minimum Gasteiger partial charge on any atom is -0.462 e. The monoisotopic (exact) mass is 1370 g/mol. The molecule has 0 bridgehead atoms. The van der Waals surface area contributed by atoms with E-state index in [2.05, 4.69) is 55.4 Å². The lowest BCUT2D eigenvalue weighted by atomic mass is 9.99. The third kappa shape index (κ3) is 67.0. The third-order valence-electron chi connectivity index (χ3n) is 17.4. The summed E-state index contributed by atoms with van der Waals surface area (Å²) in [6.07, 6.45) is 47.3. The lowest BCUT2D eigenvalue weighted by Gasteiger charge is -2.21. The summed E-state index contributed by atoms with van der Waals surface area (Å²) in [4.78, 5) is 72.7. The zero-order valence-electron chi connectivity index (χ0n) is 60.9. The van der Waals surface area contributed by atoms with Gasteiger partial charge in [-0.1, -0.05) is 319 Å². The van der Waals surface area contributed by atoms with Crippen molar-refractivity contribution in [3.8, 4) is 0 Å². The number of aliphatic hydroxyl groups excluding tert-OH is 1. The normalized spacial score (nSPS) is 14.5. The summed E-state index contributed by atoms with van der Waals surface area (Å²) in [5, 5.41) is 10.6. The second kappa shape index (κ2) is 63.5. The number of aliphatic hydroxyl groups is 1. The van der Waals surface area contributed by atoms with Crippen LogP contribution >= 0.6 is 15.6 Å². The first-order chi connectivity index (χ1) is 44.6. The molecule has 0 spiro atoms. The third-order valence-corrected chi connectivity index (χ3v) is 19.3. The van der Waals surface area contributed by atoms with Crippen molar-refractivity contribution >= 4 is 39.5 Å². The summed E-state index contributed by atoms with van der Waals surface area (Å²) in [7, 11) is -9.91. The highest BCUT2D eigenvalue weighted by molar-refractivity contribution is 7.47. The van der Waals surface area contributed by atoms with Gasteiger partial charge in [-0.05, 0) is 49.4 Å². The largest absolute Gasteiger partial charge is 0.472 e. The van der Waals surface area contributed by atoms with Crippen molar-refractivity contribution in [3.63, 3.8) is 0 Å². The Hall–Kier alpha value is -1.94. The molecule has 0 radical (unpaired) electrons. The number of carbonyl (C=O) groups is 4. The highest BCUT2D eigenvalue weighted by Gasteiger charge is 2.30. The highest BCUT2D eigenvalue weighted by Crippen LogP contribution is 2.45. The minimum absolute atomic E-state index is 0.104. The Kier molecular flexibility index (Phi) is 62.2. The molecule has 0 amide bonds. The number of phosphoric ester groups is 2. The first kappa shape index (κ1) is 91.1. The van der Waals surface area contributed by atoms with Gasteiger partial charge >= 0.3 is 39.5 Å². The van der Waals surface area contributed by atoms with E-state index in [1.54, 1.807) is 0 Å². The van der Waals surface area contributed by atoms with Crippen molar-refractivity contribution in [1.82, 2.24) is 0 Å². The maximum Gasteiger partial charge on any atom is 0.472 e. The lowest BCUT2D eigenvalue weighted by Crippen LogP contribution is -2.30. The number of carbonyl (C=O) groups excluding carboxylic acids is 4. The molecule has 0 aromatic carbocycles. The van der Waals surface area contributed by atoms with Crippen molar-refractivity contribution < 1.29 is 80.2 Å². The summed E-state index contributed by atoms with van der Waals surface area (Å²) in [5.74, 6) is 0.890. The minimum atomic E-state index is -4.96. The number of hydrogen-bond donors (Lipinski definition) is 3. The van der Waals surface area contributed by atoms with Crippen LogP contribution in [0, 0.1) is 23.7 Å². The molecule has 0 fully saturated rings. The van der Waals surface area contributed by atoms with Gasteiger partial charge in [0.25, 0.3) is 0 Å². The molecular weight excluding hydrogens is 1220 g/mol. The Bertz CT molecular complexity index is 1840. The molecule has 552 valence electrons. The van der Waals surface area contributed by atoms with Crippen molar-refractivity contribution in [1.29, 1.82) is 0 Å². The van der Waals surface area contributed by atoms with Gasteiger partial charge in [0.05, 0.1) is 26.4 Å².